The van der Waals surface area contributed by atoms with Gasteiger partial charge in [-0.1, -0.05) is 0 Å². The third-order valence-corrected chi connectivity index (χ3v) is 4.48. The van der Waals surface area contributed by atoms with Gasteiger partial charge in [-0.15, -0.1) is 0 Å². The molecule has 3 heterocycles. The molecule has 3 atom stereocenters. The van der Waals surface area contributed by atoms with Gasteiger partial charge in [-0.25, -0.2) is 5.48 Å². The van der Waals surface area contributed by atoms with Gasteiger partial charge in [0.2, 0.25) is 5.91 Å². The number of hydroxylamine groups is 1. The number of amides is 2. The number of ether oxygens (including phenoxy) is 2. The molecule has 0 aromatic rings. The average Bonchev–Trinajstić information content (AvgIpc) is 3.10. The van der Waals surface area contributed by atoms with Gasteiger partial charge < -0.3 is 14.4 Å². The van der Waals surface area contributed by atoms with E-state index >= 15 is 0 Å². The Balaban J connectivity index is 1.37. The molecule has 0 bridgehead atoms. The molecule has 21 heavy (non-hydrogen) atoms. The zero-order valence-corrected chi connectivity index (χ0v) is 12.1. The van der Waals surface area contributed by atoms with E-state index in [1.807, 2.05) is 0 Å². The minimum absolute atomic E-state index is 0.161. The predicted octanol–water partition coefficient (Wildman–Crippen LogP) is -0.292. The van der Waals surface area contributed by atoms with Gasteiger partial charge in [-0.05, 0) is 12.8 Å². The standard InChI is InChI=1S/C14H22N2O5/c17-12-2-1-4-16(12)5-7-21-15-14(18)13-11-3-6-19-8-10(11)9-20-13/h10-11,13H,1-9H2,(H,15,18)/t10-,11-,13+/m0/s1. The van der Waals surface area contributed by atoms with Gasteiger partial charge in [0.15, 0.2) is 0 Å². The fourth-order valence-electron chi connectivity index (χ4n) is 3.28. The molecule has 7 heteroatoms. The lowest BCUT2D eigenvalue weighted by Crippen LogP contribution is -2.42. The molecule has 118 valence electrons. The van der Waals surface area contributed by atoms with Crippen LogP contribution in [0.25, 0.3) is 0 Å². The highest BCUT2D eigenvalue weighted by atomic mass is 16.7. The van der Waals surface area contributed by atoms with Crippen molar-refractivity contribution in [2.45, 2.75) is 25.4 Å². The molecule has 3 aliphatic heterocycles. The highest BCUT2D eigenvalue weighted by molar-refractivity contribution is 5.80. The van der Waals surface area contributed by atoms with E-state index < -0.39 is 6.10 Å². The molecule has 3 saturated heterocycles. The molecule has 0 spiro atoms. The summed E-state index contributed by atoms with van der Waals surface area (Å²) in [5.41, 5.74) is 2.45. The second-order valence-corrected chi connectivity index (χ2v) is 5.84. The van der Waals surface area contributed by atoms with Gasteiger partial charge in [0.05, 0.1) is 19.8 Å². The zero-order chi connectivity index (χ0) is 14.7. The molecular weight excluding hydrogens is 276 g/mol. The van der Waals surface area contributed by atoms with Gasteiger partial charge in [0.1, 0.15) is 6.10 Å². The second kappa shape index (κ2) is 6.72. The maximum Gasteiger partial charge on any atom is 0.272 e. The third-order valence-electron chi connectivity index (χ3n) is 4.48. The second-order valence-electron chi connectivity index (χ2n) is 5.84. The molecule has 3 fully saturated rings. The topological polar surface area (TPSA) is 77.1 Å². The fraction of sp³-hybridized carbons (Fsp3) is 0.857. The van der Waals surface area contributed by atoms with Gasteiger partial charge in [-0.3, -0.25) is 14.4 Å². The third kappa shape index (κ3) is 3.36. The van der Waals surface area contributed by atoms with Crippen LogP contribution < -0.4 is 5.48 Å². The summed E-state index contributed by atoms with van der Waals surface area (Å²) >= 11 is 0. The molecule has 0 aromatic carbocycles. The number of hydrogen-bond acceptors (Lipinski definition) is 5. The number of nitrogens with zero attached hydrogens (tertiary/aromatic N) is 1. The maximum absolute atomic E-state index is 12.1. The summed E-state index contributed by atoms with van der Waals surface area (Å²) in [7, 11) is 0. The number of nitrogens with one attached hydrogen (secondary N) is 1. The largest absolute Gasteiger partial charge is 0.381 e. The van der Waals surface area contributed by atoms with Crippen molar-refractivity contribution in [3.8, 4) is 0 Å². The van der Waals surface area contributed by atoms with Crippen LogP contribution in [0.1, 0.15) is 19.3 Å². The van der Waals surface area contributed by atoms with Crippen molar-refractivity contribution >= 4 is 11.8 Å². The lowest BCUT2D eigenvalue weighted by molar-refractivity contribution is -0.146. The lowest BCUT2D eigenvalue weighted by atomic mass is 9.87. The van der Waals surface area contributed by atoms with Crippen molar-refractivity contribution in [1.82, 2.24) is 10.4 Å². The normalized spacial score (nSPS) is 32.3. The van der Waals surface area contributed by atoms with Crippen molar-refractivity contribution in [2.75, 3.05) is 39.5 Å². The van der Waals surface area contributed by atoms with E-state index in [9.17, 15) is 9.59 Å². The summed E-state index contributed by atoms with van der Waals surface area (Å²) in [5, 5.41) is 0. The molecule has 1 N–H and O–H groups in total. The smallest absolute Gasteiger partial charge is 0.272 e. The summed E-state index contributed by atoms with van der Waals surface area (Å²) < 4.78 is 11.0. The minimum Gasteiger partial charge on any atom is -0.381 e. The summed E-state index contributed by atoms with van der Waals surface area (Å²) in [6, 6.07) is 0. The van der Waals surface area contributed by atoms with Crippen LogP contribution in [0.4, 0.5) is 0 Å². The molecule has 0 aromatic heterocycles. The van der Waals surface area contributed by atoms with Crippen LogP contribution in [0.5, 0.6) is 0 Å². The molecule has 0 radical (unpaired) electrons. The average molecular weight is 298 g/mol. The van der Waals surface area contributed by atoms with Crippen LogP contribution in [0.3, 0.4) is 0 Å². The Morgan fingerprint density at radius 2 is 2.33 bits per heavy atom. The van der Waals surface area contributed by atoms with Crippen LogP contribution in [0.2, 0.25) is 0 Å². The Morgan fingerprint density at radius 3 is 3.14 bits per heavy atom. The number of fused-ring (bicyclic) bond motifs is 1. The first-order valence-corrected chi connectivity index (χ1v) is 7.64. The monoisotopic (exact) mass is 298 g/mol. The van der Waals surface area contributed by atoms with E-state index in [0.717, 1.165) is 19.4 Å². The first-order valence-electron chi connectivity index (χ1n) is 7.64. The molecule has 0 saturated carbocycles. The zero-order valence-electron chi connectivity index (χ0n) is 12.1. The summed E-state index contributed by atoms with van der Waals surface area (Å²) in [6.45, 7) is 3.54. The van der Waals surface area contributed by atoms with Gasteiger partial charge in [0, 0.05) is 38.0 Å². The molecule has 3 rings (SSSR count). The van der Waals surface area contributed by atoms with Crippen LogP contribution in [0, 0.1) is 11.8 Å². The van der Waals surface area contributed by atoms with E-state index in [0.29, 0.717) is 45.3 Å². The van der Waals surface area contributed by atoms with E-state index in [2.05, 4.69) is 5.48 Å². The van der Waals surface area contributed by atoms with Crippen molar-refractivity contribution < 1.29 is 23.9 Å². The van der Waals surface area contributed by atoms with E-state index in [1.165, 1.54) is 0 Å². The first kappa shape index (κ1) is 14.7. The maximum atomic E-state index is 12.1. The predicted molar refractivity (Wildman–Crippen MR) is 72.1 cm³/mol. The molecule has 0 aliphatic carbocycles. The van der Waals surface area contributed by atoms with Gasteiger partial charge in [-0.2, -0.15) is 0 Å². The first-order chi connectivity index (χ1) is 10.3. The number of carbonyl (C=O) groups is 2. The molecule has 0 unspecified atom stereocenters. The molecule has 2 amide bonds. The highest BCUT2D eigenvalue weighted by Gasteiger charge is 2.43. The van der Waals surface area contributed by atoms with Crippen molar-refractivity contribution in [3.63, 3.8) is 0 Å². The van der Waals surface area contributed by atoms with Crippen molar-refractivity contribution in [1.29, 1.82) is 0 Å². The number of likely N-dealkylation sites (tertiary alicyclic amines) is 1. The van der Waals surface area contributed by atoms with Gasteiger partial charge in [0.25, 0.3) is 5.91 Å². The summed E-state index contributed by atoms with van der Waals surface area (Å²) in [4.78, 5) is 30.4. The Kier molecular flexibility index (Phi) is 4.72. The Morgan fingerprint density at radius 1 is 1.43 bits per heavy atom. The van der Waals surface area contributed by atoms with Crippen LogP contribution in [-0.2, 0) is 23.9 Å². The quantitative estimate of drug-likeness (QED) is 0.557. The molecule has 3 aliphatic rings. The lowest BCUT2D eigenvalue weighted by Gasteiger charge is -2.26. The van der Waals surface area contributed by atoms with Crippen LogP contribution in [0.15, 0.2) is 0 Å². The van der Waals surface area contributed by atoms with Crippen molar-refractivity contribution in [2.24, 2.45) is 11.8 Å². The highest BCUT2D eigenvalue weighted by Crippen LogP contribution is 2.33. The number of carbonyl (C=O) groups excluding carboxylic acids is 2. The Bertz CT molecular complexity index is 403. The Hall–Kier alpha value is -1.18. The summed E-state index contributed by atoms with van der Waals surface area (Å²) in [6.07, 6.45) is 1.94. The van der Waals surface area contributed by atoms with Gasteiger partial charge >= 0.3 is 0 Å². The Labute approximate surface area is 123 Å². The fourth-order valence-corrected chi connectivity index (χ4v) is 3.28. The molecule has 7 nitrogen and oxygen atoms in total. The van der Waals surface area contributed by atoms with Crippen LogP contribution >= 0.6 is 0 Å². The summed E-state index contributed by atoms with van der Waals surface area (Å²) in [5.74, 6) is 0.477. The van der Waals surface area contributed by atoms with Crippen LogP contribution in [-0.4, -0.2) is 62.3 Å². The molecular formula is C14H22N2O5. The minimum atomic E-state index is -0.438. The van der Waals surface area contributed by atoms with E-state index in [-0.39, 0.29) is 17.7 Å². The SMILES string of the molecule is O=C(NOCCN1CCCC1=O)[C@@H]1OC[C@@H]2COCC[C@@H]21. The van der Waals surface area contributed by atoms with E-state index in [1.54, 1.807) is 4.90 Å². The van der Waals surface area contributed by atoms with E-state index in [4.69, 9.17) is 14.3 Å². The number of hydrogen-bond donors (Lipinski definition) is 1. The number of rotatable bonds is 5. The van der Waals surface area contributed by atoms with Crippen molar-refractivity contribution in [3.05, 3.63) is 0 Å².